The Hall–Kier alpha value is -1.55. The van der Waals surface area contributed by atoms with Gasteiger partial charge < -0.3 is 25.4 Å². The molecule has 180 valence electrons. The third-order valence-corrected chi connectivity index (χ3v) is 6.17. The van der Waals surface area contributed by atoms with Crippen molar-refractivity contribution in [2.24, 2.45) is 10.4 Å². The molecule has 2 aliphatic rings. The lowest BCUT2D eigenvalue weighted by atomic mass is 9.83. The average Bonchev–Trinajstić information content (AvgIpc) is 3.47. The Morgan fingerprint density at radius 2 is 2.00 bits per heavy atom. The van der Waals surface area contributed by atoms with Gasteiger partial charge in [-0.1, -0.05) is 25.0 Å². The first-order chi connectivity index (χ1) is 15.1. The van der Waals surface area contributed by atoms with E-state index in [4.69, 9.17) is 9.47 Å². The van der Waals surface area contributed by atoms with Crippen LogP contribution in [0.15, 0.2) is 29.3 Å². The van der Waals surface area contributed by atoms with Crippen LogP contribution in [0.1, 0.15) is 57.4 Å². The van der Waals surface area contributed by atoms with Crippen molar-refractivity contribution in [2.75, 3.05) is 33.4 Å². The van der Waals surface area contributed by atoms with Gasteiger partial charge >= 0.3 is 0 Å². The maximum atomic E-state index is 11.8. The SMILES string of the molecule is CCOCCC1(CNC(=NC)NCc2cccc(OCC(=O)NC3CC3)c2)CCCC1.I. The number of aliphatic imine (C=N–C) groups is 1. The number of nitrogens with one attached hydrogen (secondary N) is 3. The number of hydrogen-bond donors (Lipinski definition) is 3. The highest BCUT2D eigenvalue weighted by molar-refractivity contribution is 14.0. The van der Waals surface area contributed by atoms with Gasteiger partial charge in [-0.25, -0.2) is 0 Å². The van der Waals surface area contributed by atoms with Crippen LogP contribution in [0.2, 0.25) is 0 Å². The van der Waals surface area contributed by atoms with Gasteiger partial charge in [0.25, 0.3) is 5.91 Å². The molecule has 3 N–H and O–H groups in total. The van der Waals surface area contributed by atoms with E-state index in [0.29, 0.717) is 23.8 Å². The van der Waals surface area contributed by atoms with Crippen molar-refractivity contribution in [3.8, 4) is 5.75 Å². The van der Waals surface area contributed by atoms with Crippen molar-refractivity contribution in [2.45, 2.75) is 64.5 Å². The Kier molecular flexibility index (Phi) is 11.6. The van der Waals surface area contributed by atoms with Crippen molar-refractivity contribution in [1.29, 1.82) is 0 Å². The minimum Gasteiger partial charge on any atom is -0.484 e. The fraction of sp³-hybridized carbons (Fsp3) is 0.667. The number of nitrogens with zero attached hydrogens (tertiary/aromatic N) is 1. The van der Waals surface area contributed by atoms with Crippen LogP contribution in [-0.4, -0.2) is 51.3 Å². The molecule has 2 fully saturated rings. The Labute approximate surface area is 209 Å². The molecule has 32 heavy (non-hydrogen) atoms. The number of ether oxygens (including phenoxy) is 2. The number of amides is 1. The summed E-state index contributed by atoms with van der Waals surface area (Å²) in [4.78, 5) is 16.2. The molecule has 0 heterocycles. The van der Waals surface area contributed by atoms with E-state index >= 15 is 0 Å². The Morgan fingerprint density at radius 3 is 2.69 bits per heavy atom. The number of benzene rings is 1. The van der Waals surface area contributed by atoms with Crippen LogP contribution < -0.4 is 20.7 Å². The molecule has 0 saturated heterocycles. The Morgan fingerprint density at radius 1 is 1.22 bits per heavy atom. The third kappa shape index (κ3) is 9.13. The van der Waals surface area contributed by atoms with Crippen LogP contribution in [0.3, 0.4) is 0 Å². The lowest BCUT2D eigenvalue weighted by Crippen LogP contribution is -2.43. The van der Waals surface area contributed by atoms with Gasteiger partial charge in [-0.15, -0.1) is 24.0 Å². The molecule has 0 unspecified atom stereocenters. The molecule has 8 heteroatoms. The molecule has 2 saturated carbocycles. The van der Waals surface area contributed by atoms with Gasteiger partial charge in [0.15, 0.2) is 12.6 Å². The van der Waals surface area contributed by atoms with Gasteiger partial charge in [-0.05, 0) is 62.1 Å². The van der Waals surface area contributed by atoms with E-state index in [1.807, 2.05) is 31.2 Å². The summed E-state index contributed by atoms with van der Waals surface area (Å²) in [5.74, 6) is 1.45. The summed E-state index contributed by atoms with van der Waals surface area (Å²) in [5.41, 5.74) is 1.39. The normalized spacial score (nSPS) is 17.4. The second-order valence-corrected chi connectivity index (χ2v) is 8.71. The van der Waals surface area contributed by atoms with Crippen molar-refractivity contribution in [3.63, 3.8) is 0 Å². The summed E-state index contributed by atoms with van der Waals surface area (Å²) >= 11 is 0. The monoisotopic (exact) mass is 558 g/mol. The number of rotatable bonds is 12. The van der Waals surface area contributed by atoms with Crippen LogP contribution in [-0.2, 0) is 16.1 Å². The van der Waals surface area contributed by atoms with E-state index in [-0.39, 0.29) is 36.5 Å². The largest absolute Gasteiger partial charge is 0.484 e. The van der Waals surface area contributed by atoms with Gasteiger partial charge in [0.1, 0.15) is 5.75 Å². The predicted octanol–water partition coefficient (Wildman–Crippen LogP) is 3.61. The number of halogens is 1. The lowest BCUT2D eigenvalue weighted by Gasteiger charge is -2.30. The maximum absolute atomic E-state index is 11.8. The van der Waals surface area contributed by atoms with E-state index in [1.54, 1.807) is 7.05 Å². The van der Waals surface area contributed by atoms with Crippen molar-refractivity contribution >= 4 is 35.8 Å². The number of hydrogen-bond acceptors (Lipinski definition) is 4. The minimum atomic E-state index is -0.0548. The molecule has 0 radical (unpaired) electrons. The van der Waals surface area contributed by atoms with Crippen LogP contribution in [0.4, 0.5) is 0 Å². The minimum absolute atomic E-state index is 0. The molecule has 1 aromatic rings. The Balaban J connectivity index is 0.00000363. The second kappa shape index (κ2) is 13.9. The summed E-state index contributed by atoms with van der Waals surface area (Å²) < 4.78 is 11.3. The lowest BCUT2D eigenvalue weighted by molar-refractivity contribution is -0.123. The van der Waals surface area contributed by atoms with E-state index in [1.165, 1.54) is 25.7 Å². The summed E-state index contributed by atoms with van der Waals surface area (Å²) in [7, 11) is 1.80. The van der Waals surface area contributed by atoms with Gasteiger partial charge in [0, 0.05) is 39.4 Å². The second-order valence-electron chi connectivity index (χ2n) is 8.71. The average molecular weight is 559 g/mol. The first kappa shape index (κ1) is 26.7. The summed E-state index contributed by atoms with van der Waals surface area (Å²) in [6, 6.07) is 8.18. The molecule has 0 aliphatic heterocycles. The fourth-order valence-electron chi connectivity index (χ4n) is 4.14. The van der Waals surface area contributed by atoms with Gasteiger partial charge in [-0.2, -0.15) is 0 Å². The predicted molar refractivity (Wildman–Crippen MR) is 139 cm³/mol. The van der Waals surface area contributed by atoms with E-state index < -0.39 is 0 Å². The van der Waals surface area contributed by atoms with Crippen molar-refractivity contribution in [1.82, 2.24) is 16.0 Å². The molecule has 2 aliphatic carbocycles. The summed E-state index contributed by atoms with van der Waals surface area (Å²) in [6.07, 6.45) is 8.34. The van der Waals surface area contributed by atoms with Crippen LogP contribution in [0.25, 0.3) is 0 Å². The molecule has 0 atom stereocenters. The van der Waals surface area contributed by atoms with Gasteiger partial charge in [-0.3, -0.25) is 9.79 Å². The molecule has 1 amide bonds. The van der Waals surface area contributed by atoms with Crippen molar-refractivity contribution in [3.05, 3.63) is 29.8 Å². The zero-order chi connectivity index (χ0) is 21.9. The molecule has 3 rings (SSSR count). The highest BCUT2D eigenvalue weighted by Crippen LogP contribution is 2.40. The van der Waals surface area contributed by atoms with Crippen LogP contribution >= 0.6 is 24.0 Å². The van der Waals surface area contributed by atoms with E-state index in [0.717, 1.165) is 50.5 Å². The molecular weight excluding hydrogens is 519 g/mol. The number of guanidine groups is 1. The molecule has 0 aromatic heterocycles. The third-order valence-electron chi connectivity index (χ3n) is 6.17. The number of carbonyl (C=O) groups excluding carboxylic acids is 1. The number of carbonyl (C=O) groups is 1. The summed E-state index contributed by atoms with van der Waals surface area (Å²) in [6.45, 7) is 5.27. The molecule has 7 nitrogen and oxygen atoms in total. The van der Waals surface area contributed by atoms with Crippen LogP contribution in [0.5, 0.6) is 5.75 Å². The zero-order valence-electron chi connectivity index (χ0n) is 19.5. The van der Waals surface area contributed by atoms with E-state index in [9.17, 15) is 4.79 Å². The van der Waals surface area contributed by atoms with Crippen LogP contribution in [0, 0.1) is 5.41 Å². The molecular formula is C24H39IN4O3. The molecule has 0 bridgehead atoms. The smallest absolute Gasteiger partial charge is 0.258 e. The van der Waals surface area contributed by atoms with Gasteiger partial charge in [0.05, 0.1) is 0 Å². The zero-order valence-corrected chi connectivity index (χ0v) is 21.8. The highest BCUT2D eigenvalue weighted by atomic mass is 127. The molecule has 1 aromatic carbocycles. The highest BCUT2D eigenvalue weighted by Gasteiger charge is 2.33. The fourth-order valence-corrected chi connectivity index (χ4v) is 4.14. The summed E-state index contributed by atoms with van der Waals surface area (Å²) in [5, 5.41) is 9.86. The first-order valence-corrected chi connectivity index (χ1v) is 11.7. The van der Waals surface area contributed by atoms with Gasteiger partial charge in [0.2, 0.25) is 0 Å². The first-order valence-electron chi connectivity index (χ1n) is 11.7. The molecule has 0 spiro atoms. The standard InChI is InChI=1S/C24H38N4O3.HI/c1-3-30-14-13-24(11-4-5-12-24)18-27-23(25-2)26-16-19-7-6-8-21(15-19)31-17-22(29)28-20-9-10-20;/h6-8,15,20H,3-5,9-14,16-18H2,1-2H3,(H,28,29)(H2,25,26,27);1H. The maximum Gasteiger partial charge on any atom is 0.258 e. The van der Waals surface area contributed by atoms with Crippen molar-refractivity contribution < 1.29 is 14.3 Å². The Bertz CT molecular complexity index is 734. The van der Waals surface area contributed by atoms with E-state index in [2.05, 4.69) is 20.9 Å². The topological polar surface area (TPSA) is 84.0 Å². The quantitative estimate of drug-likeness (QED) is 0.158.